The van der Waals surface area contributed by atoms with Crippen LogP contribution in [0.4, 0.5) is 5.69 Å². The molecule has 0 unspecified atom stereocenters. The molecule has 0 heterocycles. The lowest BCUT2D eigenvalue weighted by Crippen LogP contribution is -2.40. The number of nitrogens with two attached hydrogens (primary N) is 1. The number of nitro benzene ring substituents is 1. The summed E-state index contributed by atoms with van der Waals surface area (Å²) in [5, 5.41) is 10.4. The molecule has 82 valence electrons. The second-order valence-electron chi connectivity index (χ2n) is 4.41. The van der Waals surface area contributed by atoms with Crippen molar-refractivity contribution in [1.82, 2.24) is 0 Å². The number of non-ortho nitro benzene ring substituents is 1. The molecule has 1 aromatic carbocycles. The first-order valence-corrected chi connectivity index (χ1v) is 6.61. The van der Waals surface area contributed by atoms with E-state index in [0.29, 0.717) is 0 Å². The number of nitrogens with zero attached hydrogens (tertiary/aromatic N) is 1. The van der Waals surface area contributed by atoms with Crippen molar-refractivity contribution in [2.45, 2.75) is 25.1 Å². The van der Waals surface area contributed by atoms with E-state index in [1.165, 1.54) is 0 Å². The molecule has 0 aliphatic rings. The fourth-order valence-corrected chi connectivity index (χ4v) is 2.52. The highest BCUT2D eigenvalue weighted by atomic mass is 28.2. The van der Waals surface area contributed by atoms with Gasteiger partial charge in [0.2, 0.25) is 0 Å². The van der Waals surface area contributed by atoms with Crippen molar-refractivity contribution in [2.75, 3.05) is 0 Å². The summed E-state index contributed by atoms with van der Waals surface area (Å²) >= 11 is 0. The zero-order valence-corrected chi connectivity index (χ0v) is 10.5. The zero-order valence-electron chi connectivity index (χ0n) is 9.06. The van der Waals surface area contributed by atoms with Crippen LogP contribution < -0.4 is 5.73 Å². The summed E-state index contributed by atoms with van der Waals surface area (Å²) in [4.78, 5) is 10.0. The Kier molecular flexibility index (Phi) is 3.60. The van der Waals surface area contributed by atoms with Crippen LogP contribution in [0.15, 0.2) is 24.3 Å². The number of nitro groups is 1. The van der Waals surface area contributed by atoms with Crippen LogP contribution in [0, 0.1) is 10.1 Å². The summed E-state index contributed by atoms with van der Waals surface area (Å²) in [6.45, 7) is 4.06. The molecule has 0 radical (unpaired) electrons. The third kappa shape index (κ3) is 4.22. The van der Waals surface area contributed by atoms with Gasteiger partial charge in [-0.25, -0.2) is 0 Å². The van der Waals surface area contributed by atoms with Gasteiger partial charge in [0.25, 0.3) is 5.69 Å². The Hall–Kier alpha value is -1.20. The van der Waals surface area contributed by atoms with Crippen LogP contribution in [-0.2, 0) is 6.04 Å². The predicted octanol–water partition coefficient (Wildman–Crippen LogP) is 0.958. The Morgan fingerprint density at radius 1 is 1.40 bits per heavy atom. The molecule has 1 rings (SSSR count). The molecule has 2 N–H and O–H groups in total. The third-order valence-corrected chi connectivity index (χ3v) is 4.32. The lowest BCUT2D eigenvalue weighted by molar-refractivity contribution is -0.384. The van der Waals surface area contributed by atoms with Gasteiger partial charge in [-0.05, 0) is 11.2 Å². The van der Waals surface area contributed by atoms with Gasteiger partial charge in [0, 0.05) is 21.7 Å². The number of benzene rings is 1. The Labute approximate surface area is 91.5 Å². The summed E-state index contributed by atoms with van der Waals surface area (Å²) in [5.74, 6) is 0. The molecule has 0 bridgehead atoms. The number of hydrogen-bond donors (Lipinski definition) is 1. The Balaban J connectivity index is 2.61. The summed E-state index contributed by atoms with van der Waals surface area (Å²) in [6, 6.07) is 7.72. The van der Waals surface area contributed by atoms with Gasteiger partial charge >= 0.3 is 0 Å². The molecule has 4 nitrogen and oxygen atoms in total. The molecule has 0 aromatic heterocycles. The fourth-order valence-electron chi connectivity index (χ4n) is 1.25. The average Bonchev–Trinajstić information content (AvgIpc) is 2.14. The van der Waals surface area contributed by atoms with Crippen molar-refractivity contribution in [3.8, 4) is 0 Å². The van der Waals surface area contributed by atoms with Crippen molar-refractivity contribution in [3.05, 3.63) is 39.9 Å². The SMILES string of the molecule is CC(C)(N)[SiH2]Cc1ccc([N+](=O)[O-])cc1. The molecule has 0 aliphatic carbocycles. The maximum absolute atomic E-state index is 10.4. The van der Waals surface area contributed by atoms with Gasteiger partial charge in [0.15, 0.2) is 0 Å². The molecule has 0 atom stereocenters. The Bertz CT molecular complexity index is 343. The molecule has 0 saturated carbocycles. The lowest BCUT2D eigenvalue weighted by atomic mass is 10.2. The molecule has 0 fully saturated rings. The van der Waals surface area contributed by atoms with Gasteiger partial charge in [-0.3, -0.25) is 10.1 Å². The fraction of sp³-hybridized carbons (Fsp3) is 0.400. The standard InChI is InChI=1S/C10H16N2O2Si/c1-10(2,11)15-7-8-3-5-9(6-4-8)12(13)14/h3-6H,7,11,15H2,1-2H3. The molecular formula is C10H16N2O2Si. The Morgan fingerprint density at radius 2 is 1.93 bits per heavy atom. The Morgan fingerprint density at radius 3 is 2.33 bits per heavy atom. The van der Waals surface area contributed by atoms with Crippen LogP contribution in [-0.4, -0.2) is 19.6 Å². The largest absolute Gasteiger partial charge is 0.329 e. The van der Waals surface area contributed by atoms with E-state index in [1.807, 2.05) is 26.0 Å². The van der Waals surface area contributed by atoms with Gasteiger partial charge < -0.3 is 5.73 Å². The first-order chi connectivity index (χ1) is 6.88. The van der Waals surface area contributed by atoms with Gasteiger partial charge in [-0.1, -0.05) is 31.5 Å². The topological polar surface area (TPSA) is 69.2 Å². The van der Waals surface area contributed by atoms with E-state index in [2.05, 4.69) is 0 Å². The van der Waals surface area contributed by atoms with E-state index in [1.54, 1.807) is 12.1 Å². The van der Waals surface area contributed by atoms with Crippen LogP contribution in [0.3, 0.4) is 0 Å². The second kappa shape index (κ2) is 4.54. The summed E-state index contributed by atoms with van der Waals surface area (Å²) in [6.07, 6.45) is 0. The minimum Gasteiger partial charge on any atom is -0.329 e. The van der Waals surface area contributed by atoms with Crippen molar-refractivity contribution in [3.63, 3.8) is 0 Å². The third-order valence-electron chi connectivity index (χ3n) is 2.21. The first kappa shape index (κ1) is 11.9. The molecule has 0 amide bonds. The van der Waals surface area contributed by atoms with E-state index in [-0.39, 0.29) is 25.3 Å². The van der Waals surface area contributed by atoms with Crippen molar-refractivity contribution in [2.24, 2.45) is 5.73 Å². The predicted molar refractivity (Wildman–Crippen MR) is 63.6 cm³/mol. The first-order valence-electron chi connectivity index (χ1n) is 4.91. The minimum atomic E-state index is -0.381. The molecule has 0 saturated heterocycles. The normalized spacial score (nSPS) is 12.2. The highest BCUT2D eigenvalue weighted by Crippen LogP contribution is 2.12. The molecule has 0 aliphatic heterocycles. The van der Waals surface area contributed by atoms with Gasteiger partial charge in [0.1, 0.15) is 0 Å². The molecule has 1 aromatic rings. The quantitative estimate of drug-likeness (QED) is 0.470. The van der Waals surface area contributed by atoms with Crippen LogP contribution in [0.2, 0.25) is 0 Å². The van der Waals surface area contributed by atoms with Crippen LogP contribution in [0.1, 0.15) is 19.4 Å². The monoisotopic (exact) mass is 224 g/mol. The highest BCUT2D eigenvalue weighted by molar-refractivity contribution is 6.39. The molecule has 5 heteroatoms. The summed E-state index contributed by atoms with van der Waals surface area (Å²) < 4.78 is 0. The van der Waals surface area contributed by atoms with E-state index in [4.69, 9.17) is 5.73 Å². The zero-order chi connectivity index (χ0) is 11.5. The summed E-state index contributed by atoms with van der Waals surface area (Å²) in [5.41, 5.74) is 7.20. The van der Waals surface area contributed by atoms with E-state index >= 15 is 0 Å². The minimum absolute atomic E-state index is 0.0538. The molecular weight excluding hydrogens is 208 g/mol. The van der Waals surface area contributed by atoms with Gasteiger partial charge in [-0.15, -0.1) is 0 Å². The second-order valence-corrected chi connectivity index (χ2v) is 7.23. The molecule has 0 spiro atoms. The summed E-state index contributed by atoms with van der Waals surface area (Å²) in [7, 11) is -0.372. The van der Waals surface area contributed by atoms with Crippen LogP contribution in [0.25, 0.3) is 0 Å². The van der Waals surface area contributed by atoms with Gasteiger partial charge in [0.05, 0.1) is 4.92 Å². The van der Waals surface area contributed by atoms with Crippen molar-refractivity contribution >= 4 is 15.2 Å². The van der Waals surface area contributed by atoms with Gasteiger partial charge in [-0.2, -0.15) is 0 Å². The van der Waals surface area contributed by atoms with E-state index in [9.17, 15) is 10.1 Å². The van der Waals surface area contributed by atoms with Crippen LogP contribution >= 0.6 is 0 Å². The number of hydrogen-bond acceptors (Lipinski definition) is 3. The average molecular weight is 224 g/mol. The highest BCUT2D eigenvalue weighted by Gasteiger charge is 2.11. The van der Waals surface area contributed by atoms with Crippen LogP contribution in [0.5, 0.6) is 0 Å². The van der Waals surface area contributed by atoms with E-state index in [0.717, 1.165) is 11.6 Å². The maximum Gasteiger partial charge on any atom is 0.269 e. The smallest absolute Gasteiger partial charge is 0.269 e. The van der Waals surface area contributed by atoms with Crippen molar-refractivity contribution in [1.29, 1.82) is 0 Å². The van der Waals surface area contributed by atoms with Crippen molar-refractivity contribution < 1.29 is 4.92 Å². The molecule has 15 heavy (non-hydrogen) atoms. The lowest BCUT2D eigenvalue weighted by Gasteiger charge is -2.17. The number of rotatable bonds is 4. The maximum atomic E-state index is 10.4. The van der Waals surface area contributed by atoms with E-state index < -0.39 is 0 Å².